The standard InChI is InChI=1S/C15H23Br/c1-4-6-11-15(3,10-5-2)13-8-7-9-14(16)12-13/h7-9,12H,4-6,10-11H2,1-3H3. The smallest absolute Gasteiger partial charge is 0.0178 e. The van der Waals surface area contributed by atoms with Crippen LogP contribution in [0.4, 0.5) is 0 Å². The molecule has 0 bridgehead atoms. The summed E-state index contributed by atoms with van der Waals surface area (Å²) in [6.07, 6.45) is 6.44. The minimum atomic E-state index is 0.356. The first-order chi connectivity index (χ1) is 7.62. The van der Waals surface area contributed by atoms with Gasteiger partial charge in [0.15, 0.2) is 0 Å². The van der Waals surface area contributed by atoms with Crippen molar-refractivity contribution in [3.63, 3.8) is 0 Å². The summed E-state index contributed by atoms with van der Waals surface area (Å²) in [7, 11) is 0. The molecule has 0 amide bonds. The van der Waals surface area contributed by atoms with Crippen molar-refractivity contribution in [2.75, 3.05) is 0 Å². The first kappa shape index (κ1) is 13.8. The van der Waals surface area contributed by atoms with Crippen molar-refractivity contribution >= 4 is 15.9 Å². The van der Waals surface area contributed by atoms with Gasteiger partial charge in [0.05, 0.1) is 0 Å². The largest absolute Gasteiger partial charge is 0.0654 e. The van der Waals surface area contributed by atoms with Gasteiger partial charge in [-0.15, -0.1) is 0 Å². The van der Waals surface area contributed by atoms with Crippen LogP contribution in [0.2, 0.25) is 0 Å². The fourth-order valence-electron chi connectivity index (χ4n) is 2.40. The van der Waals surface area contributed by atoms with Gasteiger partial charge in [0.1, 0.15) is 0 Å². The van der Waals surface area contributed by atoms with Crippen LogP contribution in [0.1, 0.15) is 58.4 Å². The van der Waals surface area contributed by atoms with Gasteiger partial charge in [-0.3, -0.25) is 0 Å². The molecule has 90 valence electrons. The van der Waals surface area contributed by atoms with Crippen LogP contribution in [-0.4, -0.2) is 0 Å². The summed E-state index contributed by atoms with van der Waals surface area (Å²) in [6.45, 7) is 6.96. The highest BCUT2D eigenvalue weighted by Gasteiger charge is 2.24. The molecular formula is C15H23Br. The van der Waals surface area contributed by atoms with E-state index >= 15 is 0 Å². The average Bonchev–Trinajstić information content (AvgIpc) is 2.27. The van der Waals surface area contributed by atoms with Gasteiger partial charge in [-0.1, -0.05) is 68.1 Å². The molecule has 0 spiro atoms. The monoisotopic (exact) mass is 282 g/mol. The third kappa shape index (κ3) is 3.62. The van der Waals surface area contributed by atoms with E-state index in [1.807, 2.05) is 0 Å². The summed E-state index contributed by atoms with van der Waals surface area (Å²) in [6, 6.07) is 8.82. The van der Waals surface area contributed by atoms with Crippen LogP contribution < -0.4 is 0 Å². The van der Waals surface area contributed by atoms with Gasteiger partial charge in [-0.2, -0.15) is 0 Å². The molecule has 0 nitrogen and oxygen atoms in total. The lowest BCUT2D eigenvalue weighted by Gasteiger charge is -2.30. The summed E-state index contributed by atoms with van der Waals surface area (Å²) < 4.78 is 1.20. The van der Waals surface area contributed by atoms with Gasteiger partial charge in [0.2, 0.25) is 0 Å². The van der Waals surface area contributed by atoms with Crippen LogP contribution in [-0.2, 0) is 5.41 Å². The minimum Gasteiger partial charge on any atom is -0.0654 e. The van der Waals surface area contributed by atoms with Gasteiger partial charge in [0, 0.05) is 4.47 Å². The van der Waals surface area contributed by atoms with Gasteiger partial charge in [-0.05, 0) is 36.0 Å². The van der Waals surface area contributed by atoms with E-state index in [4.69, 9.17) is 0 Å². The van der Waals surface area contributed by atoms with Crippen molar-refractivity contribution in [2.45, 2.75) is 58.3 Å². The molecule has 0 saturated heterocycles. The molecule has 1 aromatic rings. The molecule has 0 aromatic heterocycles. The maximum Gasteiger partial charge on any atom is 0.0178 e. The van der Waals surface area contributed by atoms with Crippen molar-refractivity contribution < 1.29 is 0 Å². The van der Waals surface area contributed by atoms with Crippen LogP contribution >= 0.6 is 15.9 Å². The molecule has 16 heavy (non-hydrogen) atoms. The number of rotatable bonds is 6. The first-order valence-corrected chi connectivity index (χ1v) is 7.17. The van der Waals surface area contributed by atoms with Crippen molar-refractivity contribution in [2.24, 2.45) is 0 Å². The second-order valence-corrected chi connectivity index (χ2v) is 5.84. The number of halogens is 1. The Balaban J connectivity index is 2.91. The molecular weight excluding hydrogens is 260 g/mol. The summed E-state index contributed by atoms with van der Waals surface area (Å²) >= 11 is 3.57. The Bertz CT molecular complexity index is 319. The topological polar surface area (TPSA) is 0 Å². The van der Waals surface area contributed by atoms with Gasteiger partial charge in [-0.25, -0.2) is 0 Å². The number of hydrogen-bond donors (Lipinski definition) is 0. The van der Waals surface area contributed by atoms with Crippen LogP contribution in [0.5, 0.6) is 0 Å². The first-order valence-electron chi connectivity index (χ1n) is 6.38. The highest BCUT2D eigenvalue weighted by atomic mass is 79.9. The fourth-order valence-corrected chi connectivity index (χ4v) is 2.80. The molecule has 0 N–H and O–H groups in total. The second-order valence-electron chi connectivity index (χ2n) is 4.92. The Morgan fingerprint density at radius 2 is 1.88 bits per heavy atom. The van der Waals surface area contributed by atoms with Crippen molar-refractivity contribution in [3.05, 3.63) is 34.3 Å². The van der Waals surface area contributed by atoms with E-state index < -0.39 is 0 Å². The zero-order valence-electron chi connectivity index (χ0n) is 10.7. The van der Waals surface area contributed by atoms with Gasteiger partial charge in [0.25, 0.3) is 0 Å². The summed E-state index contributed by atoms with van der Waals surface area (Å²) in [4.78, 5) is 0. The molecule has 1 rings (SSSR count). The third-order valence-electron chi connectivity index (χ3n) is 3.41. The molecule has 1 heteroatoms. The number of benzene rings is 1. The summed E-state index contributed by atoms with van der Waals surface area (Å²) in [5, 5.41) is 0. The van der Waals surface area contributed by atoms with Crippen LogP contribution in [0.3, 0.4) is 0 Å². The predicted molar refractivity (Wildman–Crippen MR) is 75.9 cm³/mol. The molecule has 0 aliphatic heterocycles. The van der Waals surface area contributed by atoms with E-state index in [0.29, 0.717) is 5.41 Å². The molecule has 1 unspecified atom stereocenters. The molecule has 1 atom stereocenters. The van der Waals surface area contributed by atoms with E-state index in [1.165, 1.54) is 42.1 Å². The van der Waals surface area contributed by atoms with Crippen LogP contribution in [0.15, 0.2) is 28.7 Å². The molecule has 0 heterocycles. The maximum absolute atomic E-state index is 3.57. The minimum absolute atomic E-state index is 0.356. The van der Waals surface area contributed by atoms with Crippen molar-refractivity contribution in [3.8, 4) is 0 Å². The highest BCUT2D eigenvalue weighted by molar-refractivity contribution is 9.10. The quantitative estimate of drug-likeness (QED) is 0.628. The molecule has 1 aromatic carbocycles. The highest BCUT2D eigenvalue weighted by Crippen LogP contribution is 2.35. The fraction of sp³-hybridized carbons (Fsp3) is 0.600. The predicted octanol–water partition coefficient (Wildman–Crippen LogP) is 5.70. The average molecular weight is 283 g/mol. The maximum atomic E-state index is 3.57. The van der Waals surface area contributed by atoms with E-state index in [2.05, 4.69) is 61.0 Å². The van der Waals surface area contributed by atoms with Gasteiger partial charge >= 0.3 is 0 Å². The Labute approximate surface area is 109 Å². The molecule has 0 radical (unpaired) electrons. The second kappa shape index (κ2) is 6.44. The van der Waals surface area contributed by atoms with E-state index in [1.54, 1.807) is 0 Å². The Morgan fingerprint density at radius 1 is 1.12 bits per heavy atom. The molecule has 0 saturated carbocycles. The lowest BCUT2D eigenvalue weighted by molar-refractivity contribution is 0.382. The molecule has 0 fully saturated rings. The van der Waals surface area contributed by atoms with Crippen LogP contribution in [0.25, 0.3) is 0 Å². The zero-order chi connectivity index (χ0) is 12.0. The molecule has 0 aliphatic rings. The number of unbranched alkanes of at least 4 members (excludes halogenated alkanes) is 1. The Morgan fingerprint density at radius 3 is 2.44 bits per heavy atom. The van der Waals surface area contributed by atoms with E-state index in [0.717, 1.165) is 0 Å². The Hall–Kier alpha value is -0.300. The molecule has 0 aliphatic carbocycles. The normalized spacial score (nSPS) is 14.8. The van der Waals surface area contributed by atoms with Crippen molar-refractivity contribution in [1.82, 2.24) is 0 Å². The van der Waals surface area contributed by atoms with Gasteiger partial charge < -0.3 is 0 Å². The zero-order valence-corrected chi connectivity index (χ0v) is 12.3. The Kier molecular flexibility index (Phi) is 5.54. The van der Waals surface area contributed by atoms with Crippen LogP contribution in [0, 0.1) is 0 Å². The van der Waals surface area contributed by atoms with E-state index in [9.17, 15) is 0 Å². The SMILES string of the molecule is CCCCC(C)(CCC)c1cccc(Br)c1. The van der Waals surface area contributed by atoms with E-state index in [-0.39, 0.29) is 0 Å². The van der Waals surface area contributed by atoms with Crippen molar-refractivity contribution in [1.29, 1.82) is 0 Å². The summed E-state index contributed by atoms with van der Waals surface area (Å²) in [5.41, 5.74) is 1.84. The number of hydrogen-bond acceptors (Lipinski definition) is 0. The summed E-state index contributed by atoms with van der Waals surface area (Å²) in [5.74, 6) is 0. The lowest BCUT2D eigenvalue weighted by atomic mass is 9.75. The lowest BCUT2D eigenvalue weighted by Crippen LogP contribution is -2.21. The third-order valence-corrected chi connectivity index (χ3v) is 3.90.